The number of nitrogens with one attached hydrogen (secondary N) is 1. The summed E-state index contributed by atoms with van der Waals surface area (Å²) in [6.45, 7) is 2.26. The van der Waals surface area contributed by atoms with Gasteiger partial charge in [0.05, 0.1) is 0 Å². The largest absolute Gasteiger partial charge is 0.508 e. The molecule has 0 heterocycles. The number of aromatic hydroxyl groups is 1. The highest BCUT2D eigenvalue weighted by atomic mass is 32.2. The lowest BCUT2D eigenvalue weighted by Gasteiger charge is -2.17. The van der Waals surface area contributed by atoms with Gasteiger partial charge in [-0.3, -0.25) is 4.55 Å². The smallest absolute Gasteiger partial charge is 0.232 e. The van der Waals surface area contributed by atoms with Crippen LogP contribution in [0.1, 0.15) is 108 Å². The average Bonchev–Trinajstić information content (AvgIpc) is 2.65. The Morgan fingerprint density at radius 3 is 1.70 bits per heavy atom. The zero-order chi connectivity index (χ0) is 19.7. The molecule has 0 bridgehead atoms. The summed E-state index contributed by atoms with van der Waals surface area (Å²) < 4.78 is 23.0. The molecule has 5 heteroatoms. The number of hydrogen-bond acceptors (Lipinski definition) is 2. The Balaban J connectivity index is 2.06. The Bertz CT molecular complexity index is 493. The first-order valence-corrected chi connectivity index (χ1v) is 11.9. The molecule has 0 aliphatic carbocycles. The lowest BCUT2D eigenvalue weighted by Crippen LogP contribution is -2.23. The summed E-state index contributed by atoms with van der Waals surface area (Å²) in [5.74, 6) is 0.212. The zero-order valence-electron chi connectivity index (χ0n) is 17.0. The molecule has 3 N–H and O–H groups in total. The molecule has 2 atom stereocenters. The molecule has 1 aromatic carbocycles. The van der Waals surface area contributed by atoms with E-state index in [9.17, 15) is 9.32 Å². The van der Waals surface area contributed by atoms with Gasteiger partial charge < -0.3 is 5.11 Å². The van der Waals surface area contributed by atoms with E-state index in [-0.39, 0.29) is 11.8 Å². The van der Waals surface area contributed by atoms with Crippen molar-refractivity contribution in [2.24, 2.45) is 0 Å². The van der Waals surface area contributed by atoms with Gasteiger partial charge in [-0.15, -0.1) is 0 Å². The topological polar surface area (TPSA) is 69.6 Å². The summed E-state index contributed by atoms with van der Waals surface area (Å²) >= 11 is -2.03. The number of phenolic OH excluding ortho intramolecular Hbond substituents is 1. The van der Waals surface area contributed by atoms with Gasteiger partial charge >= 0.3 is 0 Å². The van der Waals surface area contributed by atoms with Crippen molar-refractivity contribution in [2.45, 2.75) is 103 Å². The highest BCUT2D eigenvalue weighted by molar-refractivity contribution is 7.77. The van der Waals surface area contributed by atoms with Crippen molar-refractivity contribution < 1.29 is 13.9 Å². The molecule has 0 radical (unpaired) electrons. The van der Waals surface area contributed by atoms with Gasteiger partial charge in [-0.25, -0.2) is 8.93 Å². The third kappa shape index (κ3) is 13.0. The summed E-state index contributed by atoms with van der Waals surface area (Å²) in [7, 11) is 0. The second-order valence-corrected chi connectivity index (χ2v) is 8.28. The van der Waals surface area contributed by atoms with Crippen molar-refractivity contribution >= 4 is 11.3 Å². The SMILES string of the molecule is CCCCCCCCCCCCCCCC(NS(=O)O)c1ccc(O)cc1. The fourth-order valence-electron chi connectivity index (χ4n) is 3.49. The standard InChI is InChI=1S/C22H39NO3S/c1-2-3-4-5-6-7-8-9-10-11-12-13-14-15-22(23-27(25)26)20-16-18-21(24)19-17-20/h16-19,22-24H,2-15H2,1H3,(H,25,26). The van der Waals surface area contributed by atoms with E-state index < -0.39 is 11.3 Å². The van der Waals surface area contributed by atoms with Crippen LogP contribution in [-0.4, -0.2) is 13.9 Å². The van der Waals surface area contributed by atoms with Crippen LogP contribution >= 0.6 is 0 Å². The molecule has 0 aliphatic heterocycles. The van der Waals surface area contributed by atoms with Crippen LogP contribution in [0, 0.1) is 0 Å². The van der Waals surface area contributed by atoms with Crippen LogP contribution in [0.2, 0.25) is 0 Å². The van der Waals surface area contributed by atoms with Gasteiger partial charge in [-0.1, -0.05) is 103 Å². The van der Waals surface area contributed by atoms with Gasteiger partial charge in [0.2, 0.25) is 11.3 Å². The van der Waals surface area contributed by atoms with E-state index in [1.807, 2.05) is 12.1 Å². The Morgan fingerprint density at radius 1 is 0.815 bits per heavy atom. The van der Waals surface area contributed by atoms with Crippen LogP contribution in [0.25, 0.3) is 0 Å². The maximum absolute atomic E-state index is 11.1. The number of phenols is 1. The van der Waals surface area contributed by atoms with Gasteiger partial charge in [0.15, 0.2) is 0 Å². The third-order valence-electron chi connectivity index (χ3n) is 5.13. The third-order valence-corrected chi connectivity index (χ3v) is 5.62. The molecule has 0 saturated heterocycles. The molecule has 4 nitrogen and oxygen atoms in total. The zero-order valence-corrected chi connectivity index (χ0v) is 17.8. The lowest BCUT2D eigenvalue weighted by atomic mass is 10.00. The molecule has 0 aromatic heterocycles. The molecule has 156 valence electrons. The van der Waals surface area contributed by atoms with Gasteiger partial charge in [0, 0.05) is 6.04 Å². The lowest BCUT2D eigenvalue weighted by molar-refractivity contribution is 0.472. The van der Waals surface area contributed by atoms with Crippen LogP contribution in [-0.2, 0) is 11.3 Å². The fraction of sp³-hybridized carbons (Fsp3) is 0.727. The van der Waals surface area contributed by atoms with E-state index in [0.29, 0.717) is 0 Å². The Kier molecular flexibility index (Phi) is 14.4. The van der Waals surface area contributed by atoms with Gasteiger partial charge in [-0.2, -0.15) is 0 Å². The fourth-order valence-corrected chi connectivity index (χ4v) is 3.99. The van der Waals surface area contributed by atoms with Crippen LogP contribution in [0.4, 0.5) is 0 Å². The molecule has 0 saturated carbocycles. The van der Waals surface area contributed by atoms with Crippen molar-refractivity contribution in [3.8, 4) is 5.75 Å². The number of hydrogen-bond donors (Lipinski definition) is 3. The van der Waals surface area contributed by atoms with Crippen LogP contribution in [0.15, 0.2) is 24.3 Å². The van der Waals surface area contributed by atoms with E-state index in [2.05, 4.69) is 11.6 Å². The Labute approximate surface area is 168 Å². The quantitative estimate of drug-likeness (QED) is 0.204. The van der Waals surface area contributed by atoms with Gasteiger partial charge in [0.1, 0.15) is 5.75 Å². The highest BCUT2D eigenvalue weighted by Crippen LogP contribution is 2.23. The molecule has 27 heavy (non-hydrogen) atoms. The average molecular weight is 398 g/mol. The van der Waals surface area contributed by atoms with E-state index >= 15 is 0 Å². The van der Waals surface area contributed by atoms with Crippen LogP contribution < -0.4 is 4.72 Å². The van der Waals surface area contributed by atoms with E-state index in [1.165, 1.54) is 70.6 Å². The normalized spacial score (nSPS) is 13.6. The minimum atomic E-state index is -2.03. The van der Waals surface area contributed by atoms with Crippen molar-refractivity contribution in [3.05, 3.63) is 29.8 Å². The van der Waals surface area contributed by atoms with Crippen molar-refractivity contribution in [1.29, 1.82) is 0 Å². The molecule has 1 rings (SSSR count). The maximum atomic E-state index is 11.1. The first-order chi connectivity index (χ1) is 13.1. The summed E-state index contributed by atoms with van der Waals surface area (Å²) in [4.78, 5) is 0. The molecule has 0 aliphatic rings. The summed E-state index contributed by atoms with van der Waals surface area (Å²) in [5.41, 5.74) is 0.939. The van der Waals surface area contributed by atoms with Crippen molar-refractivity contribution in [2.75, 3.05) is 0 Å². The number of rotatable bonds is 17. The maximum Gasteiger partial charge on any atom is 0.232 e. The van der Waals surface area contributed by atoms with Crippen molar-refractivity contribution in [3.63, 3.8) is 0 Å². The first-order valence-electron chi connectivity index (χ1n) is 10.8. The second-order valence-electron chi connectivity index (χ2n) is 7.54. The number of benzene rings is 1. The minimum Gasteiger partial charge on any atom is -0.508 e. The van der Waals surface area contributed by atoms with Crippen LogP contribution in [0.5, 0.6) is 5.75 Å². The monoisotopic (exact) mass is 397 g/mol. The molecule has 0 fully saturated rings. The molecule has 1 aromatic rings. The molecule has 2 unspecified atom stereocenters. The van der Waals surface area contributed by atoms with Crippen molar-refractivity contribution in [1.82, 2.24) is 4.72 Å². The minimum absolute atomic E-state index is 0.149. The molecule has 0 spiro atoms. The highest BCUT2D eigenvalue weighted by Gasteiger charge is 2.13. The molecule has 0 amide bonds. The van der Waals surface area contributed by atoms with E-state index in [4.69, 9.17) is 4.55 Å². The summed E-state index contributed by atoms with van der Waals surface area (Å²) in [6.07, 6.45) is 17.9. The van der Waals surface area contributed by atoms with Gasteiger partial charge in [0.25, 0.3) is 0 Å². The van der Waals surface area contributed by atoms with E-state index in [1.54, 1.807) is 12.1 Å². The molecular weight excluding hydrogens is 358 g/mol. The summed E-state index contributed by atoms with van der Waals surface area (Å²) in [6, 6.07) is 6.70. The number of unbranched alkanes of at least 4 members (excludes halogenated alkanes) is 12. The Hall–Kier alpha value is -0.910. The predicted molar refractivity (Wildman–Crippen MR) is 115 cm³/mol. The van der Waals surface area contributed by atoms with Gasteiger partial charge in [-0.05, 0) is 24.1 Å². The predicted octanol–water partition coefficient (Wildman–Crippen LogP) is 6.64. The Morgan fingerprint density at radius 2 is 1.26 bits per heavy atom. The molecular formula is C22H39NO3S. The summed E-state index contributed by atoms with van der Waals surface area (Å²) in [5, 5.41) is 9.39. The second kappa shape index (κ2) is 16.1. The van der Waals surface area contributed by atoms with E-state index in [0.717, 1.165) is 24.8 Å². The van der Waals surface area contributed by atoms with Crippen LogP contribution in [0.3, 0.4) is 0 Å². The first kappa shape index (κ1) is 24.1.